The fourth-order valence-electron chi connectivity index (χ4n) is 2.36. The van der Waals surface area contributed by atoms with Crippen LogP contribution in [0.2, 0.25) is 0 Å². The van der Waals surface area contributed by atoms with Gasteiger partial charge in [0.15, 0.2) is 0 Å². The highest BCUT2D eigenvalue weighted by Crippen LogP contribution is 2.30. The number of rotatable bonds is 9. The Morgan fingerprint density at radius 1 is 1.20 bits per heavy atom. The molecule has 0 aromatic carbocycles. The van der Waals surface area contributed by atoms with Crippen LogP contribution in [0.25, 0.3) is 0 Å². The molecule has 1 saturated heterocycles. The van der Waals surface area contributed by atoms with Crippen LogP contribution in [0.4, 0.5) is 0 Å². The molecule has 0 atom stereocenters. The maximum absolute atomic E-state index is 5.79. The van der Waals surface area contributed by atoms with Crippen molar-refractivity contribution in [2.24, 2.45) is 11.3 Å². The number of hydrogen-bond donors (Lipinski definition) is 2. The second-order valence-electron chi connectivity index (χ2n) is 8.51. The SMILES string of the molecule is C=C(CC/C(S)=C/C=C/C1CN(C(=C)CCl)C1)NC(C)(C)C(C)(C)C. The number of alkyl halides is 1. The summed E-state index contributed by atoms with van der Waals surface area (Å²) in [4.78, 5) is 3.30. The molecule has 1 aliphatic heterocycles. The second kappa shape index (κ2) is 9.23. The molecule has 0 amide bonds. The standard InChI is InChI=1S/C21H35ClN2S/c1-16(23-21(6,7)20(3,4)5)11-12-19(25)10-8-9-18-14-24(15-18)17(2)13-22/h8-10,18,23,25H,1-2,11-15H2,3-7H3/b9-8+,19-10-. The summed E-state index contributed by atoms with van der Waals surface area (Å²) in [5.74, 6) is 1.10. The Kier molecular flexibility index (Phi) is 8.21. The summed E-state index contributed by atoms with van der Waals surface area (Å²) in [6.07, 6.45) is 8.24. The molecular formula is C21H35ClN2S. The van der Waals surface area contributed by atoms with E-state index in [4.69, 9.17) is 11.6 Å². The van der Waals surface area contributed by atoms with Gasteiger partial charge in [0, 0.05) is 35.9 Å². The predicted octanol–water partition coefficient (Wildman–Crippen LogP) is 5.75. The zero-order valence-electron chi connectivity index (χ0n) is 16.5. The number of hydrogen-bond acceptors (Lipinski definition) is 3. The van der Waals surface area contributed by atoms with Crippen molar-refractivity contribution in [1.29, 1.82) is 0 Å². The molecule has 0 spiro atoms. The van der Waals surface area contributed by atoms with Crippen molar-refractivity contribution in [2.75, 3.05) is 19.0 Å². The lowest BCUT2D eigenvalue weighted by molar-refractivity contribution is 0.181. The van der Waals surface area contributed by atoms with Crippen LogP contribution in [-0.4, -0.2) is 29.4 Å². The molecule has 1 N–H and O–H groups in total. The molecule has 0 unspecified atom stereocenters. The van der Waals surface area contributed by atoms with Crippen LogP contribution in [0.15, 0.2) is 47.7 Å². The summed E-state index contributed by atoms with van der Waals surface area (Å²) in [5.41, 5.74) is 2.26. The first-order chi connectivity index (χ1) is 11.5. The zero-order valence-corrected chi connectivity index (χ0v) is 18.2. The molecule has 1 aliphatic rings. The van der Waals surface area contributed by atoms with Crippen molar-refractivity contribution in [3.05, 3.63) is 47.7 Å². The Morgan fingerprint density at radius 3 is 2.32 bits per heavy atom. The van der Waals surface area contributed by atoms with E-state index in [1.807, 2.05) is 0 Å². The Morgan fingerprint density at radius 2 is 1.80 bits per heavy atom. The van der Waals surface area contributed by atoms with Crippen molar-refractivity contribution < 1.29 is 0 Å². The summed E-state index contributed by atoms with van der Waals surface area (Å²) < 4.78 is 0. The van der Waals surface area contributed by atoms with E-state index in [-0.39, 0.29) is 11.0 Å². The van der Waals surface area contributed by atoms with Crippen LogP contribution < -0.4 is 5.32 Å². The highest BCUT2D eigenvalue weighted by Gasteiger charge is 2.32. The second-order valence-corrected chi connectivity index (χ2v) is 9.35. The van der Waals surface area contributed by atoms with Crippen LogP contribution >= 0.6 is 24.2 Å². The van der Waals surface area contributed by atoms with Crippen molar-refractivity contribution in [3.8, 4) is 0 Å². The number of nitrogens with zero attached hydrogens (tertiary/aromatic N) is 1. The normalized spacial score (nSPS) is 16.9. The molecule has 0 aliphatic carbocycles. The number of halogens is 1. The van der Waals surface area contributed by atoms with E-state index in [0.29, 0.717) is 11.8 Å². The van der Waals surface area contributed by atoms with E-state index in [2.05, 4.69) is 88.9 Å². The maximum atomic E-state index is 5.79. The van der Waals surface area contributed by atoms with Gasteiger partial charge in [-0.1, -0.05) is 52.2 Å². The molecule has 0 radical (unpaired) electrons. The summed E-state index contributed by atoms with van der Waals surface area (Å²) >= 11 is 10.4. The molecule has 2 nitrogen and oxygen atoms in total. The maximum Gasteiger partial charge on any atom is 0.0617 e. The summed E-state index contributed by atoms with van der Waals surface area (Å²) in [6.45, 7) is 21.3. The first-order valence-corrected chi connectivity index (χ1v) is 9.95. The summed E-state index contributed by atoms with van der Waals surface area (Å²) in [6, 6.07) is 0. The van der Waals surface area contributed by atoms with Crippen LogP contribution in [0.5, 0.6) is 0 Å². The minimum atomic E-state index is 0.00754. The molecule has 1 fully saturated rings. The van der Waals surface area contributed by atoms with Gasteiger partial charge < -0.3 is 10.2 Å². The lowest BCUT2D eigenvalue weighted by Crippen LogP contribution is -2.49. The summed E-state index contributed by atoms with van der Waals surface area (Å²) in [7, 11) is 0. The monoisotopic (exact) mass is 382 g/mol. The van der Waals surface area contributed by atoms with Gasteiger partial charge in [-0.05, 0) is 37.0 Å². The van der Waals surface area contributed by atoms with E-state index in [9.17, 15) is 0 Å². The van der Waals surface area contributed by atoms with Crippen LogP contribution in [-0.2, 0) is 0 Å². The molecule has 25 heavy (non-hydrogen) atoms. The molecule has 0 aromatic heterocycles. The van der Waals surface area contributed by atoms with Crippen molar-refractivity contribution in [2.45, 2.75) is 53.0 Å². The molecule has 0 bridgehead atoms. The zero-order chi connectivity index (χ0) is 19.3. The van der Waals surface area contributed by atoms with Crippen LogP contribution in [0, 0.1) is 11.3 Å². The fraction of sp³-hybridized carbons (Fsp3) is 0.619. The predicted molar refractivity (Wildman–Crippen MR) is 116 cm³/mol. The third-order valence-corrected chi connectivity index (χ3v) is 5.91. The molecule has 1 rings (SSSR count). The van der Waals surface area contributed by atoms with Gasteiger partial charge in [-0.3, -0.25) is 0 Å². The highest BCUT2D eigenvalue weighted by molar-refractivity contribution is 7.84. The number of allylic oxidation sites excluding steroid dienone is 5. The number of nitrogens with one attached hydrogen (secondary N) is 1. The Bertz CT molecular complexity index is 535. The van der Waals surface area contributed by atoms with E-state index in [1.54, 1.807) is 0 Å². The van der Waals surface area contributed by atoms with Gasteiger partial charge in [0.05, 0.1) is 5.88 Å². The highest BCUT2D eigenvalue weighted by atomic mass is 35.5. The van der Waals surface area contributed by atoms with Gasteiger partial charge in [0.2, 0.25) is 0 Å². The molecule has 4 heteroatoms. The first-order valence-electron chi connectivity index (χ1n) is 8.97. The molecule has 142 valence electrons. The van der Waals surface area contributed by atoms with Crippen molar-refractivity contribution in [1.82, 2.24) is 10.2 Å². The van der Waals surface area contributed by atoms with Crippen molar-refractivity contribution >= 4 is 24.2 Å². The average Bonchev–Trinajstić information content (AvgIpc) is 2.45. The Balaban J connectivity index is 2.33. The number of thiol groups is 1. The first kappa shape index (κ1) is 22.2. The molecule has 0 saturated carbocycles. The Labute approximate surface area is 165 Å². The van der Waals surface area contributed by atoms with Gasteiger partial charge in [-0.25, -0.2) is 0 Å². The molecular weight excluding hydrogens is 348 g/mol. The average molecular weight is 383 g/mol. The number of likely N-dealkylation sites (tertiary alicyclic amines) is 1. The van der Waals surface area contributed by atoms with Crippen LogP contribution in [0.3, 0.4) is 0 Å². The quantitative estimate of drug-likeness (QED) is 0.300. The summed E-state index contributed by atoms with van der Waals surface area (Å²) in [5, 5.41) is 3.57. The van der Waals surface area contributed by atoms with E-state index in [1.165, 1.54) is 0 Å². The topological polar surface area (TPSA) is 15.3 Å². The largest absolute Gasteiger partial charge is 0.383 e. The Hall–Kier alpha value is -0.800. The third-order valence-electron chi connectivity index (χ3n) is 5.23. The minimum absolute atomic E-state index is 0.00754. The molecule has 0 aromatic rings. The van der Waals surface area contributed by atoms with Gasteiger partial charge in [0.1, 0.15) is 0 Å². The smallest absolute Gasteiger partial charge is 0.0617 e. The lowest BCUT2D eigenvalue weighted by Gasteiger charge is -2.41. The minimum Gasteiger partial charge on any atom is -0.383 e. The van der Waals surface area contributed by atoms with E-state index >= 15 is 0 Å². The third kappa shape index (κ3) is 7.15. The van der Waals surface area contributed by atoms with Crippen LogP contribution in [0.1, 0.15) is 47.5 Å². The van der Waals surface area contributed by atoms with E-state index in [0.717, 1.165) is 42.2 Å². The van der Waals surface area contributed by atoms with Gasteiger partial charge in [0.25, 0.3) is 0 Å². The van der Waals surface area contributed by atoms with Gasteiger partial charge in [-0.15, -0.1) is 24.2 Å². The van der Waals surface area contributed by atoms with Gasteiger partial charge >= 0.3 is 0 Å². The van der Waals surface area contributed by atoms with Gasteiger partial charge in [-0.2, -0.15) is 0 Å². The van der Waals surface area contributed by atoms with Crippen molar-refractivity contribution in [3.63, 3.8) is 0 Å². The molecule has 1 heterocycles. The fourth-order valence-corrected chi connectivity index (χ4v) is 2.72. The van der Waals surface area contributed by atoms with E-state index < -0.39 is 0 Å². The lowest BCUT2D eigenvalue weighted by atomic mass is 9.76.